The minimum absolute atomic E-state index is 0.0837. The Morgan fingerprint density at radius 3 is 2.33 bits per heavy atom. The molecular weight excluding hydrogens is 360 g/mol. The summed E-state index contributed by atoms with van der Waals surface area (Å²) in [7, 11) is 0. The number of carbonyl (C=O) groups is 2. The second-order valence-electron chi connectivity index (χ2n) is 6.49. The second kappa shape index (κ2) is 10.7. The highest BCUT2D eigenvalue weighted by Gasteiger charge is 2.28. The molecule has 2 amide bonds. The largest absolute Gasteiger partial charge is 0.354 e. The molecule has 0 bridgehead atoms. The van der Waals surface area contributed by atoms with Crippen LogP contribution in [-0.4, -0.2) is 29.3 Å². The monoisotopic (exact) mass is 386 g/mol. The molecule has 144 valence electrons. The molecule has 0 aliphatic rings. The summed E-state index contributed by atoms with van der Waals surface area (Å²) in [5, 5.41) is 3.51. The number of benzene rings is 2. The van der Waals surface area contributed by atoms with Crippen molar-refractivity contribution in [3.63, 3.8) is 0 Å². The summed E-state index contributed by atoms with van der Waals surface area (Å²) >= 11 is 6.31. The van der Waals surface area contributed by atoms with Crippen molar-refractivity contribution in [3.8, 4) is 0 Å². The zero-order valence-electron chi connectivity index (χ0n) is 16.0. The van der Waals surface area contributed by atoms with Crippen molar-refractivity contribution in [1.82, 2.24) is 10.2 Å². The van der Waals surface area contributed by atoms with Crippen LogP contribution in [0.4, 0.5) is 0 Å². The smallest absolute Gasteiger partial charge is 0.242 e. The van der Waals surface area contributed by atoms with Crippen LogP contribution in [0.3, 0.4) is 0 Å². The number of nitrogens with zero attached hydrogens (tertiary/aromatic N) is 1. The molecule has 0 aromatic heterocycles. The van der Waals surface area contributed by atoms with Crippen LogP contribution >= 0.6 is 11.6 Å². The van der Waals surface area contributed by atoms with Crippen LogP contribution in [0.5, 0.6) is 0 Å². The molecule has 0 radical (unpaired) electrons. The first-order valence-electron chi connectivity index (χ1n) is 9.41. The van der Waals surface area contributed by atoms with Crippen LogP contribution in [0, 0.1) is 0 Å². The van der Waals surface area contributed by atoms with Gasteiger partial charge in [-0.2, -0.15) is 0 Å². The molecule has 0 spiro atoms. The minimum atomic E-state index is -0.524. The number of rotatable bonds is 9. The summed E-state index contributed by atoms with van der Waals surface area (Å²) in [5.41, 5.74) is 1.76. The minimum Gasteiger partial charge on any atom is -0.354 e. The van der Waals surface area contributed by atoms with Crippen molar-refractivity contribution < 1.29 is 9.59 Å². The standard InChI is InChI=1S/C22H27ClN2O2/c1-3-14-24-22(27)20(4-2)25(16-18-12-8-9-13-19(18)23)21(26)15-17-10-6-5-7-11-17/h5-13,20H,3-4,14-16H2,1-2H3,(H,24,27). The molecule has 0 fully saturated rings. The lowest BCUT2D eigenvalue weighted by molar-refractivity contribution is -0.140. The van der Waals surface area contributed by atoms with Gasteiger partial charge in [0.25, 0.3) is 0 Å². The van der Waals surface area contributed by atoms with Gasteiger partial charge in [-0.15, -0.1) is 0 Å². The lowest BCUT2D eigenvalue weighted by Crippen LogP contribution is -2.49. The van der Waals surface area contributed by atoms with Crippen molar-refractivity contribution in [1.29, 1.82) is 0 Å². The van der Waals surface area contributed by atoms with Gasteiger partial charge in [0.15, 0.2) is 0 Å². The van der Waals surface area contributed by atoms with E-state index in [1.54, 1.807) is 11.0 Å². The van der Waals surface area contributed by atoms with Gasteiger partial charge in [0, 0.05) is 18.1 Å². The van der Waals surface area contributed by atoms with E-state index in [2.05, 4.69) is 5.32 Å². The average Bonchev–Trinajstić information content (AvgIpc) is 2.68. The Kier molecular flexibility index (Phi) is 8.34. The highest BCUT2D eigenvalue weighted by atomic mass is 35.5. The van der Waals surface area contributed by atoms with Gasteiger partial charge in [0.1, 0.15) is 6.04 Å². The van der Waals surface area contributed by atoms with Gasteiger partial charge in [0.05, 0.1) is 6.42 Å². The van der Waals surface area contributed by atoms with E-state index >= 15 is 0 Å². The van der Waals surface area contributed by atoms with Gasteiger partial charge in [0.2, 0.25) is 11.8 Å². The van der Waals surface area contributed by atoms with Gasteiger partial charge in [-0.1, -0.05) is 74.0 Å². The van der Waals surface area contributed by atoms with E-state index in [0.29, 0.717) is 24.5 Å². The molecule has 2 aromatic rings. The quantitative estimate of drug-likeness (QED) is 0.701. The Hall–Kier alpha value is -2.33. The van der Waals surface area contributed by atoms with E-state index in [9.17, 15) is 9.59 Å². The maximum Gasteiger partial charge on any atom is 0.242 e. The summed E-state index contributed by atoms with van der Waals surface area (Å²) in [6.07, 6.45) is 1.65. The van der Waals surface area contributed by atoms with Gasteiger partial charge in [-0.25, -0.2) is 0 Å². The maximum absolute atomic E-state index is 13.1. The topological polar surface area (TPSA) is 49.4 Å². The summed E-state index contributed by atoms with van der Waals surface area (Å²) in [6, 6.07) is 16.5. The van der Waals surface area contributed by atoms with Crippen LogP contribution in [0.2, 0.25) is 5.02 Å². The number of nitrogens with one attached hydrogen (secondary N) is 1. The van der Waals surface area contributed by atoms with Crippen LogP contribution in [0.1, 0.15) is 37.8 Å². The molecule has 2 rings (SSSR count). The summed E-state index contributed by atoms with van der Waals surface area (Å²) < 4.78 is 0. The second-order valence-corrected chi connectivity index (χ2v) is 6.90. The molecule has 1 N–H and O–H groups in total. The predicted octanol–water partition coefficient (Wildman–Crippen LogP) is 4.22. The van der Waals surface area contributed by atoms with Crippen LogP contribution in [0.15, 0.2) is 54.6 Å². The summed E-state index contributed by atoms with van der Waals surface area (Å²) in [5.74, 6) is -0.201. The van der Waals surface area contributed by atoms with Crippen molar-refractivity contribution in [2.24, 2.45) is 0 Å². The molecule has 1 unspecified atom stereocenters. The molecule has 0 saturated carbocycles. The fourth-order valence-electron chi connectivity index (χ4n) is 2.97. The number of hydrogen-bond acceptors (Lipinski definition) is 2. The lowest BCUT2D eigenvalue weighted by atomic mass is 10.1. The predicted molar refractivity (Wildman–Crippen MR) is 110 cm³/mol. The van der Waals surface area contributed by atoms with Gasteiger partial charge in [-0.3, -0.25) is 9.59 Å². The number of halogens is 1. The van der Waals surface area contributed by atoms with E-state index in [-0.39, 0.29) is 18.2 Å². The molecule has 4 nitrogen and oxygen atoms in total. The molecule has 1 atom stereocenters. The Bertz CT molecular complexity index is 749. The normalized spacial score (nSPS) is 11.7. The van der Waals surface area contributed by atoms with Crippen LogP contribution < -0.4 is 5.32 Å². The third-order valence-electron chi connectivity index (χ3n) is 4.43. The molecule has 5 heteroatoms. The third-order valence-corrected chi connectivity index (χ3v) is 4.80. The fraction of sp³-hybridized carbons (Fsp3) is 0.364. The van der Waals surface area contributed by atoms with Gasteiger partial charge >= 0.3 is 0 Å². The van der Waals surface area contributed by atoms with Crippen molar-refractivity contribution in [2.75, 3.05) is 6.54 Å². The number of amides is 2. The SMILES string of the molecule is CCCNC(=O)C(CC)N(Cc1ccccc1Cl)C(=O)Cc1ccccc1. The average molecular weight is 387 g/mol. The zero-order chi connectivity index (χ0) is 19.6. The van der Waals surface area contributed by atoms with E-state index in [1.807, 2.05) is 62.4 Å². The van der Waals surface area contributed by atoms with Crippen LogP contribution in [-0.2, 0) is 22.6 Å². The van der Waals surface area contributed by atoms with E-state index < -0.39 is 6.04 Å². The van der Waals surface area contributed by atoms with E-state index in [0.717, 1.165) is 17.5 Å². The van der Waals surface area contributed by atoms with Gasteiger partial charge in [-0.05, 0) is 30.0 Å². The Morgan fingerprint density at radius 2 is 1.70 bits per heavy atom. The van der Waals surface area contributed by atoms with Crippen LogP contribution in [0.25, 0.3) is 0 Å². The summed E-state index contributed by atoms with van der Waals surface area (Å²) in [6.45, 7) is 4.83. The maximum atomic E-state index is 13.1. The molecule has 0 aliphatic carbocycles. The molecule has 0 saturated heterocycles. The van der Waals surface area contributed by atoms with Crippen molar-refractivity contribution in [3.05, 3.63) is 70.7 Å². The zero-order valence-corrected chi connectivity index (χ0v) is 16.7. The first-order chi connectivity index (χ1) is 13.1. The first kappa shape index (κ1) is 21.0. The molecule has 27 heavy (non-hydrogen) atoms. The third kappa shape index (κ3) is 6.10. The Balaban J connectivity index is 2.27. The van der Waals surface area contributed by atoms with E-state index in [4.69, 9.17) is 11.6 Å². The molecule has 0 aliphatic heterocycles. The van der Waals surface area contributed by atoms with E-state index in [1.165, 1.54) is 0 Å². The molecular formula is C22H27ClN2O2. The highest BCUT2D eigenvalue weighted by Crippen LogP contribution is 2.20. The Labute approximate surface area is 166 Å². The van der Waals surface area contributed by atoms with Crippen molar-refractivity contribution >= 4 is 23.4 Å². The molecule has 2 aromatic carbocycles. The Morgan fingerprint density at radius 1 is 1.04 bits per heavy atom. The highest BCUT2D eigenvalue weighted by molar-refractivity contribution is 6.31. The molecule has 0 heterocycles. The first-order valence-corrected chi connectivity index (χ1v) is 9.79. The fourth-order valence-corrected chi connectivity index (χ4v) is 3.16. The summed E-state index contributed by atoms with van der Waals surface area (Å²) in [4.78, 5) is 27.4. The van der Waals surface area contributed by atoms with Gasteiger partial charge < -0.3 is 10.2 Å². The number of hydrogen-bond donors (Lipinski definition) is 1. The lowest BCUT2D eigenvalue weighted by Gasteiger charge is -2.31. The number of carbonyl (C=O) groups excluding carboxylic acids is 2. The van der Waals surface area contributed by atoms with Crippen molar-refractivity contribution in [2.45, 2.75) is 45.7 Å².